The van der Waals surface area contributed by atoms with Crippen molar-refractivity contribution in [3.8, 4) is 11.4 Å². The Kier molecular flexibility index (Phi) is 4.79. The van der Waals surface area contributed by atoms with Crippen LogP contribution in [0.4, 0.5) is 13.2 Å². The summed E-state index contributed by atoms with van der Waals surface area (Å²) in [7, 11) is 0. The molecule has 0 saturated heterocycles. The third kappa shape index (κ3) is 3.72. The summed E-state index contributed by atoms with van der Waals surface area (Å²) in [6.45, 7) is 0.398. The molecule has 3 aromatic rings. The van der Waals surface area contributed by atoms with Gasteiger partial charge in [-0.15, -0.1) is 0 Å². The lowest BCUT2D eigenvalue weighted by molar-refractivity contribution is -0.145. The minimum Gasteiger partial charge on any atom is -0.488 e. The minimum atomic E-state index is -4.50. The number of nitrogens with zero attached hydrogens (tertiary/aromatic N) is 2. The van der Waals surface area contributed by atoms with Gasteiger partial charge in [-0.05, 0) is 46.4 Å². The maximum Gasteiger partial charge on any atom is 0.450 e. The van der Waals surface area contributed by atoms with E-state index in [1.54, 1.807) is 18.2 Å². The molecule has 0 unspecified atom stereocenters. The van der Waals surface area contributed by atoms with E-state index in [9.17, 15) is 13.2 Å². The van der Waals surface area contributed by atoms with E-state index >= 15 is 0 Å². The predicted octanol–water partition coefficient (Wildman–Crippen LogP) is 5.07. The molecule has 0 bridgehead atoms. The Hall–Kier alpha value is -2.03. The molecule has 0 fully saturated rings. The minimum absolute atomic E-state index is 0.385. The molecule has 0 radical (unpaired) electrons. The number of halogens is 4. The molecular formula is C17H12F3IN2O. The van der Waals surface area contributed by atoms with Crippen LogP contribution in [0, 0.1) is 3.57 Å². The highest BCUT2D eigenvalue weighted by Crippen LogP contribution is 2.31. The van der Waals surface area contributed by atoms with Crippen molar-refractivity contribution < 1.29 is 17.9 Å². The number of ether oxygens (including phenoxy) is 1. The lowest BCUT2D eigenvalue weighted by Crippen LogP contribution is -2.13. The summed E-state index contributed by atoms with van der Waals surface area (Å²) in [4.78, 5) is 3.40. The van der Waals surface area contributed by atoms with Crippen molar-refractivity contribution in [2.75, 3.05) is 0 Å². The van der Waals surface area contributed by atoms with Gasteiger partial charge in [-0.2, -0.15) is 13.2 Å². The summed E-state index contributed by atoms with van der Waals surface area (Å²) in [5, 5.41) is 0. The molecule has 0 aliphatic carbocycles. The van der Waals surface area contributed by atoms with Crippen LogP contribution in [0.1, 0.15) is 11.4 Å². The van der Waals surface area contributed by atoms with Crippen LogP contribution in [0.15, 0.2) is 60.9 Å². The fraction of sp³-hybridized carbons (Fsp3) is 0.118. The lowest BCUT2D eigenvalue weighted by atomic mass is 10.2. The van der Waals surface area contributed by atoms with Gasteiger partial charge in [-0.25, -0.2) is 4.98 Å². The maximum atomic E-state index is 12.9. The fourth-order valence-electron chi connectivity index (χ4n) is 2.21. The van der Waals surface area contributed by atoms with Crippen molar-refractivity contribution in [1.82, 2.24) is 9.55 Å². The van der Waals surface area contributed by atoms with E-state index in [0.717, 1.165) is 19.9 Å². The van der Waals surface area contributed by atoms with E-state index in [4.69, 9.17) is 4.74 Å². The fourth-order valence-corrected chi connectivity index (χ4v) is 2.87. The highest BCUT2D eigenvalue weighted by molar-refractivity contribution is 14.1. The number of alkyl halides is 3. The largest absolute Gasteiger partial charge is 0.488 e. The average molecular weight is 444 g/mol. The van der Waals surface area contributed by atoms with Gasteiger partial charge in [0, 0.05) is 18.1 Å². The van der Waals surface area contributed by atoms with Gasteiger partial charge in [0.25, 0.3) is 0 Å². The molecule has 7 heteroatoms. The van der Waals surface area contributed by atoms with Gasteiger partial charge in [0.1, 0.15) is 12.4 Å². The first-order valence-corrected chi connectivity index (χ1v) is 8.10. The molecule has 3 nitrogen and oxygen atoms in total. The van der Waals surface area contributed by atoms with Crippen LogP contribution in [0.5, 0.6) is 5.75 Å². The maximum absolute atomic E-state index is 12.9. The highest BCUT2D eigenvalue weighted by Gasteiger charge is 2.36. The highest BCUT2D eigenvalue weighted by atomic mass is 127. The van der Waals surface area contributed by atoms with E-state index in [1.807, 2.05) is 52.9 Å². The summed E-state index contributed by atoms with van der Waals surface area (Å²) in [5.74, 6) is -0.326. The standard InChI is InChI=1S/C17H12F3IN2O/c18-17(19,20)16-22-8-9-23(16)13-6-7-15(14(21)10-13)24-11-12-4-2-1-3-5-12/h1-10H,11H2. The smallest absolute Gasteiger partial charge is 0.450 e. The Labute approximate surface area is 150 Å². The second kappa shape index (κ2) is 6.84. The van der Waals surface area contributed by atoms with Gasteiger partial charge in [-0.3, -0.25) is 4.57 Å². The van der Waals surface area contributed by atoms with Gasteiger partial charge >= 0.3 is 6.18 Å². The number of hydrogen-bond donors (Lipinski definition) is 0. The van der Waals surface area contributed by atoms with Crippen LogP contribution in [-0.2, 0) is 12.8 Å². The van der Waals surface area contributed by atoms with E-state index in [0.29, 0.717) is 18.0 Å². The molecule has 24 heavy (non-hydrogen) atoms. The predicted molar refractivity (Wildman–Crippen MR) is 92.1 cm³/mol. The van der Waals surface area contributed by atoms with Crippen LogP contribution < -0.4 is 4.74 Å². The average Bonchev–Trinajstić information content (AvgIpc) is 3.04. The molecule has 0 saturated carbocycles. The zero-order valence-corrected chi connectivity index (χ0v) is 14.5. The molecule has 1 aromatic heterocycles. The first kappa shape index (κ1) is 16.8. The normalized spacial score (nSPS) is 11.5. The van der Waals surface area contributed by atoms with Crippen LogP contribution >= 0.6 is 22.6 Å². The Morgan fingerprint density at radius 1 is 1.08 bits per heavy atom. The summed E-state index contributed by atoms with van der Waals surface area (Å²) in [6, 6.07) is 14.5. The summed E-state index contributed by atoms with van der Waals surface area (Å²) >= 11 is 2.05. The number of benzene rings is 2. The summed E-state index contributed by atoms with van der Waals surface area (Å²) < 4.78 is 46.3. The summed E-state index contributed by atoms with van der Waals surface area (Å²) in [5.41, 5.74) is 1.41. The number of imidazole rings is 1. The van der Waals surface area contributed by atoms with E-state index in [2.05, 4.69) is 4.98 Å². The first-order chi connectivity index (χ1) is 11.4. The van der Waals surface area contributed by atoms with Gasteiger partial charge in [0.15, 0.2) is 0 Å². The van der Waals surface area contributed by atoms with Gasteiger partial charge in [0.2, 0.25) is 5.82 Å². The zero-order chi connectivity index (χ0) is 17.2. The molecule has 0 spiro atoms. The van der Waals surface area contributed by atoms with Gasteiger partial charge < -0.3 is 4.74 Å². The third-order valence-electron chi connectivity index (χ3n) is 3.33. The molecule has 0 aliphatic rings. The topological polar surface area (TPSA) is 27.1 Å². The molecule has 0 atom stereocenters. The van der Waals surface area contributed by atoms with Crippen molar-refractivity contribution in [1.29, 1.82) is 0 Å². The van der Waals surface area contributed by atoms with Gasteiger partial charge in [0.05, 0.1) is 3.57 Å². The molecular weight excluding hydrogens is 432 g/mol. The second-order valence-corrected chi connectivity index (χ2v) is 6.17. The summed E-state index contributed by atoms with van der Waals surface area (Å²) in [6.07, 6.45) is -2.08. The monoisotopic (exact) mass is 444 g/mol. The molecule has 124 valence electrons. The molecule has 0 N–H and O–H groups in total. The number of aromatic nitrogens is 2. The van der Waals surface area contributed by atoms with Crippen LogP contribution in [0.2, 0.25) is 0 Å². The van der Waals surface area contributed by atoms with Crippen LogP contribution in [-0.4, -0.2) is 9.55 Å². The Balaban J connectivity index is 1.82. The van der Waals surface area contributed by atoms with E-state index < -0.39 is 12.0 Å². The van der Waals surface area contributed by atoms with E-state index in [1.165, 1.54) is 6.20 Å². The van der Waals surface area contributed by atoms with Crippen LogP contribution in [0.25, 0.3) is 5.69 Å². The van der Waals surface area contributed by atoms with Crippen molar-refractivity contribution in [2.24, 2.45) is 0 Å². The molecule has 3 rings (SSSR count). The Morgan fingerprint density at radius 2 is 1.83 bits per heavy atom. The lowest BCUT2D eigenvalue weighted by Gasteiger charge is -2.13. The van der Waals surface area contributed by atoms with E-state index in [-0.39, 0.29) is 0 Å². The van der Waals surface area contributed by atoms with Crippen molar-refractivity contribution in [3.05, 3.63) is 75.9 Å². The zero-order valence-electron chi connectivity index (χ0n) is 12.3. The molecule has 0 amide bonds. The molecule has 0 aliphatic heterocycles. The van der Waals surface area contributed by atoms with Crippen molar-refractivity contribution in [3.63, 3.8) is 0 Å². The Bertz CT molecular complexity index is 831. The molecule has 2 aromatic carbocycles. The van der Waals surface area contributed by atoms with Crippen molar-refractivity contribution in [2.45, 2.75) is 12.8 Å². The van der Waals surface area contributed by atoms with Gasteiger partial charge in [-0.1, -0.05) is 30.3 Å². The second-order valence-electron chi connectivity index (χ2n) is 5.01. The first-order valence-electron chi connectivity index (χ1n) is 7.02. The molecule has 1 heterocycles. The Morgan fingerprint density at radius 3 is 2.50 bits per heavy atom. The number of rotatable bonds is 4. The third-order valence-corrected chi connectivity index (χ3v) is 4.17. The quantitative estimate of drug-likeness (QED) is 0.526. The van der Waals surface area contributed by atoms with Crippen LogP contribution in [0.3, 0.4) is 0 Å². The number of hydrogen-bond acceptors (Lipinski definition) is 2. The van der Waals surface area contributed by atoms with Crippen molar-refractivity contribution >= 4 is 22.6 Å². The SMILES string of the molecule is FC(F)(F)c1nccn1-c1ccc(OCc2ccccc2)c(I)c1.